The number of methoxy groups -OCH3 is 2. The van der Waals surface area contributed by atoms with Crippen LogP contribution >= 0.6 is 0 Å². The molecule has 23 heavy (non-hydrogen) atoms. The molecule has 0 aliphatic rings. The molecular formula is C17H21NO4S. The van der Waals surface area contributed by atoms with E-state index in [2.05, 4.69) is 0 Å². The fraction of sp³-hybridized carbons (Fsp3) is 0.294. The summed E-state index contributed by atoms with van der Waals surface area (Å²) in [6, 6.07) is 12.6. The summed E-state index contributed by atoms with van der Waals surface area (Å²) in [6.45, 7) is 2.06. The maximum Gasteiger partial charge on any atom is 0.246 e. The zero-order valence-electron chi connectivity index (χ0n) is 13.7. The minimum absolute atomic E-state index is 0.136. The molecule has 0 fully saturated rings. The highest BCUT2D eigenvalue weighted by atomic mass is 32.2. The molecule has 0 aliphatic carbocycles. The van der Waals surface area contributed by atoms with Crippen molar-refractivity contribution in [1.29, 1.82) is 0 Å². The van der Waals surface area contributed by atoms with Crippen molar-refractivity contribution < 1.29 is 17.9 Å². The fourth-order valence-corrected chi connectivity index (χ4v) is 3.79. The highest BCUT2D eigenvalue weighted by Crippen LogP contribution is 2.35. The van der Waals surface area contributed by atoms with Crippen molar-refractivity contribution >= 4 is 10.0 Å². The lowest BCUT2D eigenvalue weighted by Gasteiger charge is -2.20. The standard InChI is InChI=1S/C17H21NO4S/c1-13-15(21-3)10-11-16(17(13)22-4)23(19,20)18(2)12-14-8-6-5-7-9-14/h5-11H,12H2,1-4H3. The Labute approximate surface area is 137 Å². The summed E-state index contributed by atoms with van der Waals surface area (Å²) >= 11 is 0. The average Bonchev–Trinajstić information content (AvgIpc) is 2.55. The third kappa shape index (κ3) is 3.48. The Kier molecular flexibility index (Phi) is 5.28. The number of sulfonamides is 1. The Balaban J connectivity index is 2.41. The molecule has 0 unspecified atom stereocenters. The van der Waals surface area contributed by atoms with Gasteiger partial charge in [0.05, 0.1) is 14.2 Å². The summed E-state index contributed by atoms with van der Waals surface area (Å²) in [7, 11) is 0.878. The molecule has 0 radical (unpaired) electrons. The van der Waals surface area contributed by atoms with E-state index in [1.54, 1.807) is 20.0 Å². The third-order valence-electron chi connectivity index (χ3n) is 3.68. The Bertz CT molecular complexity index is 773. The first-order chi connectivity index (χ1) is 10.9. The zero-order valence-corrected chi connectivity index (χ0v) is 14.6. The van der Waals surface area contributed by atoms with Crippen LogP contribution in [0.5, 0.6) is 11.5 Å². The van der Waals surface area contributed by atoms with Crippen molar-refractivity contribution in [3.05, 3.63) is 53.6 Å². The van der Waals surface area contributed by atoms with E-state index >= 15 is 0 Å². The largest absolute Gasteiger partial charge is 0.496 e. The number of hydrogen-bond acceptors (Lipinski definition) is 4. The van der Waals surface area contributed by atoms with Crippen molar-refractivity contribution in [2.24, 2.45) is 0 Å². The first-order valence-electron chi connectivity index (χ1n) is 7.13. The van der Waals surface area contributed by atoms with Gasteiger partial charge in [0.15, 0.2) is 0 Å². The number of hydrogen-bond donors (Lipinski definition) is 0. The molecule has 0 aromatic heterocycles. The second-order valence-corrected chi connectivity index (χ2v) is 7.18. The van der Waals surface area contributed by atoms with Gasteiger partial charge in [0.1, 0.15) is 16.4 Å². The molecule has 0 spiro atoms. The average molecular weight is 335 g/mol. The number of rotatable bonds is 6. The van der Waals surface area contributed by atoms with Crippen LogP contribution in [0, 0.1) is 6.92 Å². The number of nitrogens with zero attached hydrogens (tertiary/aromatic N) is 1. The SMILES string of the molecule is COc1ccc(S(=O)(=O)N(C)Cc2ccccc2)c(OC)c1C. The summed E-state index contributed by atoms with van der Waals surface area (Å²) < 4.78 is 37.6. The van der Waals surface area contributed by atoms with Crippen LogP contribution in [0.1, 0.15) is 11.1 Å². The Morgan fingerprint density at radius 1 is 1.00 bits per heavy atom. The Morgan fingerprint density at radius 3 is 2.22 bits per heavy atom. The molecule has 6 heteroatoms. The van der Waals surface area contributed by atoms with Crippen LogP contribution in [0.4, 0.5) is 0 Å². The minimum atomic E-state index is -3.67. The molecule has 0 saturated heterocycles. The van der Waals surface area contributed by atoms with Crippen molar-refractivity contribution in [2.75, 3.05) is 21.3 Å². The molecule has 2 aromatic rings. The van der Waals surface area contributed by atoms with E-state index in [9.17, 15) is 8.42 Å². The normalized spacial score (nSPS) is 11.5. The monoisotopic (exact) mass is 335 g/mol. The molecular weight excluding hydrogens is 314 g/mol. The van der Waals surface area contributed by atoms with Gasteiger partial charge >= 0.3 is 0 Å². The van der Waals surface area contributed by atoms with Gasteiger partial charge in [-0.15, -0.1) is 0 Å². The van der Waals surface area contributed by atoms with E-state index in [-0.39, 0.29) is 11.4 Å². The maximum atomic E-state index is 12.9. The van der Waals surface area contributed by atoms with Crippen LogP contribution in [0.25, 0.3) is 0 Å². The van der Waals surface area contributed by atoms with Crippen LogP contribution in [-0.4, -0.2) is 34.0 Å². The summed E-state index contributed by atoms with van der Waals surface area (Å²) in [6.07, 6.45) is 0. The molecule has 0 heterocycles. The topological polar surface area (TPSA) is 55.8 Å². The molecule has 0 N–H and O–H groups in total. The predicted octanol–water partition coefficient (Wildman–Crippen LogP) is 2.83. The molecule has 0 atom stereocenters. The van der Waals surface area contributed by atoms with E-state index < -0.39 is 10.0 Å². The van der Waals surface area contributed by atoms with E-state index in [4.69, 9.17) is 9.47 Å². The molecule has 124 valence electrons. The number of ether oxygens (including phenoxy) is 2. The predicted molar refractivity (Wildman–Crippen MR) is 89.4 cm³/mol. The summed E-state index contributed by atoms with van der Waals surface area (Å²) in [4.78, 5) is 0.136. The molecule has 2 aromatic carbocycles. The van der Waals surface area contributed by atoms with E-state index in [0.29, 0.717) is 17.1 Å². The lowest BCUT2D eigenvalue weighted by atomic mass is 10.2. The second kappa shape index (κ2) is 7.02. The fourth-order valence-electron chi connectivity index (χ4n) is 2.42. The molecule has 2 rings (SSSR count). The van der Waals surface area contributed by atoms with Gasteiger partial charge in [-0.2, -0.15) is 4.31 Å². The maximum absolute atomic E-state index is 12.9. The molecule has 5 nitrogen and oxygen atoms in total. The minimum Gasteiger partial charge on any atom is -0.496 e. The Hall–Kier alpha value is -2.05. The number of benzene rings is 2. The van der Waals surface area contributed by atoms with E-state index in [0.717, 1.165) is 5.56 Å². The quantitative estimate of drug-likeness (QED) is 0.814. The second-order valence-electron chi connectivity index (χ2n) is 5.17. The van der Waals surface area contributed by atoms with Gasteiger partial charge in [-0.1, -0.05) is 30.3 Å². The highest BCUT2D eigenvalue weighted by molar-refractivity contribution is 7.89. The van der Waals surface area contributed by atoms with E-state index in [1.165, 1.54) is 24.6 Å². The van der Waals surface area contributed by atoms with Gasteiger partial charge in [0, 0.05) is 19.2 Å². The van der Waals surface area contributed by atoms with Crippen molar-refractivity contribution in [3.63, 3.8) is 0 Å². The van der Waals surface area contributed by atoms with Crippen LogP contribution in [0.3, 0.4) is 0 Å². The first kappa shape index (κ1) is 17.3. The third-order valence-corrected chi connectivity index (χ3v) is 5.51. The van der Waals surface area contributed by atoms with Gasteiger partial charge < -0.3 is 9.47 Å². The van der Waals surface area contributed by atoms with Gasteiger partial charge in [-0.05, 0) is 24.6 Å². The highest BCUT2D eigenvalue weighted by Gasteiger charge is 2.27. The summed E-state index contributed by atoms with van der Waals surface area (Å²) in [5.41, 5.74) is 1.58. The lowest BCUT2D eigenvalue weighted by Crippen LogP contribution is -2.27. The smallest absolute Gasteiger partial charge is 0.246 e. The van der Waals surface area contributed by atoms with Crippen LogP contribution in [-0.2, 0) is 16.6 Å². The molecule has 0 amide bonds. The summed E-state index contributed by atoms with van der Waals surface area (Å²) in [5, 5.41) is 0. The van der Waals surface area contributed by atoms with Crippen LogP contribution in [0.2, 0.25) is 0 Å². The molecule has 0 saturated carbocycles. The van der Waals surface area contributed by atoms with Crippen molar-refractivity contribution in [1.82, 2.24) is 4.31 Å². The van der Waals surface area contributed by atoms with Crippen LogP contribution in [0.15, 0.2) is 47.4 Å². The van der Waals surface area contributed by atoms with E-state index in [1.807, 2.05) is 30.3 Å². The molecule has 0 aliphatic heterocycles. The first-order valence-corrected chi connectivity index (χ1v) is 8.57. The Morgan fingerprint density at radius 2 is 1.65 bits per heavy atom. The van der Waals surface area contributed by atoms with Gasteiger partial charge in [0.2, 0.25) is 10.0 Å². The van der Waals surface area contributed by atoms with Crippen molar-refractivity contribution in [3.8, 4) is 11.5 Å². The van der Waals surface area contributed by atoms with Crippen LogP contribution < -0.4 is 9.47 Å². The summed E-state index contributed by atoms with van der Waals surface area (Å²) in [5.74, 6) is 0.899. The lowest BCUT2D eigenvalue weighted by molar-refractivity contribution is 0.378. The molecule has 0 bridgehead atoms. The zero-order chi connectivity index (χ0) is 17.0. The van der Waals surface area contributed by atoms with Crippen molar-refractivity contribution in [2.45, 2.75) is 18.4 Å². The van der Waals surface area contributed by atoms with Gasteiger partial charge in [0.25, 0.3) is 0 Å². The van der Waals surface area contributed by atoms with Gasteiger partial charge in [-0.3, -0.25) is 0 Å². The van der Waals surface area contributed by atoms with Gasteiger partial charge in [-0.25, -0.2) is 8.42 Å².